The number of nitrogens with one attached hydrogen (secondary N) is 1. The molecular weight excluding hydrogens is 250 g/mol. The summed E-state index contributed by atoms with van der Waals surface area (Å²) in [4.78, 5) is 23.0. The average molecular weight is 261 g/mol. The van der Waals surface area contributed by atoms with Gasteiger partial charge in [0.25, 0.3) is 5.91 Å². The molecule has 4 nitrogen and oxygen atoms in total. The molecule has 92 valence electrons. The SMILES string of the molecule is O=C(O)c1ccc(C(=O)NCc2ccccc2)s1. The summed E-state index contributed by atoms with van der Waals surface area (Å²) in [6, 6.07) is 12.5. The van der Waals surface area contributed by atoms with E-state index in [1.54, 1.807) is 0 Å². The molecule has 0 saturated heterocycles. The van der Waals surface area contributed by atoms with Gasteiger partial charge >= 0.3 is 5.97 Å². The first-order valence-electron chi connectivity index (χ1n) is 5.32. The van der Waals surface area contributed by atoms with Gasteiger partial charge in [0.05, 0.1) is 4.88 Å². The third-order valence-corrected chi connectivity index (χ3v) is 3.41. The van der Waals surface area contributed by atoms with Gasteiger partial charge in [0.1, 0.15) is 4.88 Å². The van der Waals surface area contributed by atoms with E-state index in [1.165, 1.54) is 12.1 Å². The van der Waals surface area contributed by atoms with Gasteiger partial charge in [-0.05, 0) is 17.7 Å². The molecule has 2 aromatic rings. The van der Waals surface area contributed by atoms with Crippen molar-refractivity contribution in [1.29, 1.82) is 0 Å². The number of carboxylic acids is 1. The molecule has 18 heavy (non-hydrogen) atoms. The van der Waals surface area contributed by atoms with Crippen LogP contribution in [0.4, 0.5) is 0 Å². The molecule has 0 saturated carbocycles. The van der Waals surface area contributed by atoms with Gasteiger partial charge in [-0.15, -0.1) is 11.3 Å². The van der Waals surface area contributed by atoms with E-state index in [0.717, 1.165) is 16.9 Å². The Morgan fingerprint density at radius 2 is 1.72 bits per heavy atom. The molecule has 0 aliphatic carbocycles. The van der Waals surface area contributed by atoms with Gasteiger partial charge in [-0.2, -0.15) is 0 Å². The van der Waals surface area contributed by atoms with Gasteiger partial charge in [-0.25, -0.2) is 4.79 Å². The molecule has 2 N–H and O–H groups in total. The molecule has 1 aromatic carbocycles. The summed E-state index contributed by atoms with van der Waals surface area (Å²) in [7, 11) is 0. The number of hydrogen-bond acceptors (Lipinski definition) is 3. The Morgan fingerprint density at radius 1 is 1.06 bits per heavy atom. The lowest BCUT2D eigenvalue weighted by molar-refractivity contribution is 0.0702. The molecular formula is C13H11NO3S. The highest BCUT2D eigenvalue weighted by molar-refractivity contribution is 7.15. The fourth-order valence-corrected chi connectivity index (χ4v) is 2.20. The van der Waals surface area contributed by atoms with E-state index in [1.807, 2.05) is 30.3 Å². The van der Waals surface area contributed by atoms with E-state index < -0.39 is 5.97 Å². The Labute approximate surface area is 108 Å². The Morgan fingerprint density at radius 3 is 2.33 bits per heavy atom. The van der Waals surface area contributed by atoms with Crippen molar-refractivity contribution in [3.05, 3.63) is 57.8 Å². The van der Waals surface area contributed by atoms with Crippen LogP contribution in [-0.2, 0) is 6.54 Å². The molecule has 0 unspecified atom stereocenters. The first kappa shape index (κ1) is 12.3. The maximum atomic E-state index is 11.8. The molecule has 0 radical (unpaired) electrons. The Kier molecular flexibility index (Phi) is 3.74. The number of hydrogen-bond donors (Lipinski definition) is 2. The monoisotopic (exact) mass is 261 g/mol. The predicted octanol–water partition coefficient (Wildman–Crippen LogP) is 2.38. The van der Waals surface area contributed by atoms with Crippen LogP contribution in [0.25, 0.3) is 0 Å². The molecule has 0 bridgehead atoms. The van der Waals surface area contributed by atoms with E-state index in [9.17, 15) is 9.59 Å². The van der Waals surface area contributed by atoms with Crippen LogP contribution in [0.3, 0.4) is 0 Å². The van der Waals surface area contributed by atoms with Crippen LogP contribution in [0.2, 0.25) is 0 Å². The Bertz CT molecular complexity index is 563. The van der Waals surface area contributed by atoms with E-state index in [4.69, 9.17) is 5.11 Å². The third-order valence-electron chi connectivity index (χ3n) is 2.34. The first-order valence-corrected chi connectivity index (χ1v) is 6.14. The zero-order valence-electron chi connectivity index (χ0n) is 9.42. The highest BCUT2D eigenvalue weighted by atomic mass is 32.1. The molecule has 1 amide bonds. The second-order valence-corrected chi connectivity index (χ2v) is 4.72. The largest absolute Gasteiger partial charge is 0.477 e. The molecule has 0 aliphatic rings. The van der Waals surface area contributed by atoms with Gasteiger partial charge in [-0.3, -0.25) is 4.79 Å². The van der Waals surface area contributed by atoms with Crippen molar-refractivity contribution < 1.29 is 14.7 Å². The van der Waals surface area contributed by atoms with Crippen molar-refractivity contribution in [2.45, 2.75) is 6.54 Å². The molecule has 0 atom stereocenters. The normalized spacial score (nSPS) is 10.0. The highest BCUT2D eigenvalue weighted by Crippen LogP contribution is 2.16. The lowest BCUT2D eigenvalue weighted by Crippen LogP contribution is -2.21. The fourth-order valence-electron chi connectivity index (χ4n) is 1.44. The van der Waals surface area contributed by atoms with Crippen LogP contribution in [0.15, 0.2) is 42.5 Å². The van der Waals surface area contributed by atoms with Crippen LogP contribution < -0.4 is 5.32 Å². The topological polar surface area (TPSA) is 66.4 Å². The van der Waals surface area contributed by atoms with E-state index in [-0.39, 0.29) is 10.8 Å². The molecule has 0 aliphatic heterocycles. The lowest BCUT2D eigenvalue weighted by atomic mass is 10.2. The van der Waals surface area contributed by atoms with Gasteiger partial charge < -0.3 is 10.4 Å². The lowest BCUT2D eigenvalue weighted by Gasteiger charge is -2.03. The Hall–Kier alpha value is -2.14. The first-order chi connectivity index (χ1) is 8.66. The number of carbonyl (C=O) groups is 2. The van der Waals surface area contributed by atoms with Crippen molar-refractivity contribution in [3.63, 3.8) is 0 Å². The predicted molar refractivity (Wildman–Crippen MR) is 68.9 cm³/mol. The maximum Gasteiger partial charge on any atom is 0.345 e. The zero-order valence-corrected chi connectivity index (χ0v) is 10.2. The van der Waals surface area contributed by atoms with Crippen molar-refractivity contribution in [3.8, 4) is 0 Å². The summed E-state index contributed by atoms with van der Waals surface area (Å²) in [5.74, 6) is -1.27. The van der Waals surface area contributed by atoms with E-state index in [2.05, 4.69) is 5.32 Å². The minimum atomic E-state index is -1.01. The molecule has 0 spiro atoms. The van der Waals surface area contributed by atoms with Crippen molar-refractivity contribution in [2.75, 3.05) is 0 Å². The summed E-state index contributed by atoms with van der Waals surface area (Å²) >= 11 is 0.973. The minimum Gasteiger partial charge on any atom is -0.477 e. The van der Waals surface area contributed by atoms with Crippen LogP contribution in [0, 0.1) is 0 Å². The van der Waals surface area contributed by atoms with Gasteiger partial charge in [0, 0.05) is 6.54 Å². The van der Waals surface area contributed by atoms with E-state index >= 15 is 0 Å². The fraction of sp³-hybridized carbons (Fsp3) is 0.0769. The summed E-state index contributed by atoms with van der Waals surface area (Å²) in [6.07, 6.45) is 0. The summed E-state index contributed by atoms with van der Waals surface area (Å²) in [5.41, 5.74) is 1.00. The van der Waals surface area contributed by atoms with Crippen molar-refractivity contribution in [1.82, 2.24) is 5.32 Å². The second kappa shape index (κ2) is 5.46. The third kappa shape index (κ3) is 2.95. The summed E-state index contributed by atoms with van der Waals surface area (Å²) < 4.78 is 0. The molecule has 1 heterocycles. The number of aromatic carboxylic acids is 1. The second-order valence-electron chi connectivity index (χ2n) is 3.64. The number of carbonyl (C=O) groups excluding carboxylic acids is 1. The van der Waals surface area contributed by atoms with Crippen molar-refractivity contribution in [2.24, 2.45) is 0 Å². The summed E-state index contributed by atoms with van der Waals surface area (Å²) in [6.45, 7) is 0.431. The van der Waals surface area contributed by atoms with Crippen LogP contribution in [0.1, 0.15) is 24.9 Å². The molecule has 0 fully saturated rings. The molecule has 2 rings (SSSR count). The quantitative estimate of drug-likeness (QED) is 0.888. The van der Waals surface area contributed by atoms with Crippen LogP contribution >= 0.6 is 11.3 Å². The smallest absolute Gasteiger partial charge is 0.345 e. The standard InChI is InChI=1S/C13H11NO3S/c15-12(10-6-7-11(18-10)13(16)17)14-8-9-4-2-1-3-5-9/h1-7H,8H2,(H,14,15)(H,16,17). The number of rotatable bonds is 4. The van der Waals surface area contributed by atoms with Gasteiger partial charge in [0.2, 0.25) is 0 Å². The maximum absolute atomic E-state index is 11.8. The average Bonchev–Trinajstić information content (AvgIpc) is 2.87. The van der Waals surface area contributed by atoms with Crippen LogP contribution in [-0.4, -0.2) is 17.0 Å². The number of thiophene rings is 1. The summed E-state index contributed by atoms with van der Waals surface area (Å²) in [5, 5.41) is 11.5. The van der Waals surface area contributed by atoms with Crippen LogP contribution in [0.5, 0.6) is 0 Å². The minimum absolute atomic E-state index is 0.167. The Balaban J connectivity index is 1.97. The van der Waals surface area contributed by atoms with Gasteiger partial charge in [-0.1, -0.05) is 30.3 Å². The molecule has 1 aromatic heterocycles. The zero-order chi connectivity index (χ0) is 13.0. The molecule has 5 heteroatoms. The number of amides is 1. The van der Waals surface area contributed by atoms with Crippen molar-refractivity contribution >= 4 is 23.2 Å². The number of carboxylic acid groups (broad SMARTS) is 1. The highest BCUT2D eigenvalue weighted by Gasteiger charge is 2.12. The van der Waals surface area contributed by atoms with E-state index in [0.29, 0.717) is 11.4 Å². The van der Waals surface area contributed by atoms with Gasteiger partial charge in [0.15, 0.2) is 0 Å². The number of benzene rings is 1.